The quantitative estimate of drug-likeness (QED) is 0.766. The molecule has 2 heterocycles. The number of aromatic nitrogens is 1. The molecule has 1 aromatic rings. The Kier molecular flexibility index (Phi) is 3.43. The number of nitrogens with zero attached hydrogens (tertiary/aromatic N) is 3. The molecule has 4 nitrogen and oxygen atoms in total. The number of amides is 1. The van der Waals surface area contributed by atoms with Crippen LogP contribution in [0.2, 0.25) is 0 Å². The second kappa shape index (κ2) is 4.84. The molecule has 0 aromatic carbocycles. The average molecular weight is 249 g/mol. The smallest absolute Gasteiger partial charge is 0.265 e. The Hall–Kier alpha value is -1.41. The Bertz CT molecular complexity index is 467. The van der Waals surface area contributed by atoms with E-state index >= 15 is 0 Å². The molecule has 1 aliphatic heterocycles. The normalized spacial score (nSPS) is 16.9. The van der Waals surface area contributed by atoms with Crippen LogP contribution >= 0.6 is 11.3 Å². The molecule has 0 saturated carbocycles. The van der Waals surface area contributed by atoms with E-state index < -0.39 is 0 Å². The first-order valence-electron chi connectivity index (χ1n) is 5.74. The number of carbonyl (C=O) groups is 1. The summed E-state index contributed by atoms with van der Waals surface area (Å²) in [5.74, 6) is 0.188. The Balaban J connectivity index is 2.07. The maximum absolute atomic E-state index is 12.2. The first-order valence-corrected chi connectivity index (χ1v) is 6.56. The van der Waals surface area contributed by atoms with Gasteiger partial charge in [0.2, 0.25) is 0 Å². The van der Waals surface area contributed by atoms with Gasteiger partial charge in [-0.15, -0.1) is 11.3 Å². The van der Waals surface area contributed by atoms with Gasteiger partial charge in [0, 0.05) is 19.0 Å². The van der Waals surface area contributed by atoms with Gasteiger partial charge in [0.05, 0.1) is 16.8 Å². The number of hydrogen-bond acceptors (Lipinski definition) is 4. The maximum atomic E-state index is 12.2. The standard InChI is InChI=1S/C12H15N3OS/c1-8-11(17-9(2)14-8)12(16)15-5-3-10(7-13)4-6-15/h10H,3-6H2,1-2H3. The lowest BCUT2D eigenvalue weighted by Crippen LogP contribution is -2.38. The van der Waals surface area contributed by atoms with E-state index in [-0.39, 0.29) is 11.8 Å². The van der Waals surface area contributed by atoms with Gasteiger partial charge in [0.1, 0.15) is 4.88 Å². The van der Waals surface area contributed by atoms with Gasteiger partial charge in [-0.2, -0.15) is 5.26 Å². The first-order chi connectivity index (χ1) is 8.11. The Morgan fingerprint density at radius 2 is 2.12 bits per heavy atom. The molecule has 0 N–H and O–H groups in total. The number of carbonyl (C=O) groups excluding carboxylic acids is 1. The molecule has 0 radical (unpaired) electrons. The van der Waals surface area contributed by atoms with Crippen LogP contribution < -0.4 is 0 Å². The minimum atomic E-state index is 0.0736. The highest BCUT2D eigenvalue weighted by Crippen LogP contribution is 2.23. The number of piperidine rings is 1. The predicted molar refractivity (Wildman–Crippen MR) is 65.8 cm³/mol. The van der Waals surface area contributed by atoms with Crippen molar-refractivity contribution in [2.24, 2.45) is 5.92 Å². The van der Waals surface area contributed by atoms with Crippen LogP contribution in [0, 0.1) is 31.1 Å². The van der Waals surface area contributed by atoms with Gasteiger partial charge >= 0.3 is 0 Å². The fourth-order valence-corrected chi connectivity index (χ4v) is 2.97. The number of rotatable bonds is 1. The second-order valence-corrected chi connectivity index (χ2v) is 5.55. The van der Waals surface area contributed by atoms with Crippen molar-refractivity contribution in [3.8, 4) is 6.07 Å². The van der Waals surface area contributed by atoms with Crippen molar-refractivity contribution in [1.29, 1.82) is 5.26 Å². The zero-order valence-corrected chi connectivity index (χ0v) is 10.9. The molecule has 0 atom stereocenters. The predicted octanol–water partition coefficient (Wildman–Crippen LogP) is 2.14. The van der Waals surface area contributed by atoms with E-state index in [0.29, 0.717) is 13.1 Å². The molecule has 1 saturated heterocycles. The molecule has 1 amide bonds. The number of thiazole rings is 1. The van der Waals surface area contributed by atoms with Crippen LogP contribution in [0.3, 0.4) is 0 Å². The van der Waals surface area contributed by atoms with Crippen LogP contribution in [0.4, 0.5) is 0 Å². The van der Waals surface area contributed by atoms with Crippen LogP contribution in [0.15, 0.2) is 0 Å². The van der Waals surface area contributed by atoms with E-state index in [1.54, 1.807) is 0 Å². The minimum absolute atomic E-state index is 0.0736. The van der Waals surface area contributed by atoms with Gasteiger partial charge in [0.15, 0.2) is 0 Å². The molecule has 0 spiro atoms. The van der Waals surface area contributed by atoms with Crippen molar-refractivity contribution in [2.75, 3.05) is 13.1 Å². The topological polar surface area (TPSA) is 57.0 Å². The van der Waals surface area contributed by atoms with Crippen LogP contribution in [0.5, 0.6) is 0 Å². The molecule has 0 aliphatic carbocycles. The fourth-order valence-electron chi connectivity index (χ4n) is 2.09. The van der Waals surface area contributed by atoms with Gasteiger partial charge in [-0.3, -0.25) is 4.79 Å². The number of likely N-dealkylation sites (tertiary alicyclic amines) is 1. The first kappa shape index (κ1) is 12.1. The SMILES string of the molecule is Cc1nc(C)c(C(=O)N2CCC(C#N)CC2)s1. The molecule has 1 aliphatic rings. The van der Waals surface area contributed by atoms with Crippen molar-refractivity contribution in [3.05, 3.63) is 15.6 Å². The minimum Gasteiger partial charge on any atom is -0.338 e. The van der Waals surface area contributed by atoms with Gasteiger partial charge in [-0.05, 0) is 26.7 Å². The molecular formula is C12H15N3OS. The molecule has 0 unspecified atom stereocenters. The van der Waals surface area contributed by atoms with E-state index in [0.717, 1.165) is 28.4 Å². The zero-order chi connectivity index (χ0) is 12.4. The molecule has 2 rings (SSSR count). The third-order valence-corrected chi connectivity index (χ3v) is 4.12. The van der Waals surface area contributed by atoms with E-state index in [2.05, 4.69) is 11.1 Å². The molecule has 0 bridgehead atoms. The lowest BCUT2D eigenvalue weighted by atomic mass is 9.98. The van der Waals surface area contributed by atoms with Crippen molar-refractivity contribution in [1.82, 2.24) is 9.88 Å². The number of hydrogen-bond donors (Lipinski definition) is 0. The summed E-state index contributed by atoms with van der Waals surface area (Å²) in [6.07, 6.45) is 1.58. The van der Waals surface area contributed by atoms with Crippen LogP contribution in [0.25, 0.3) is 0 Å². The molecular weight excluding hydrogens is 234 g/mol. The summed E-state index contributed by atoms with van der Waals surface area (Å²) in [6, 6.07) is 2.27. The lowest BCUT2D eigenvalue weighted by molar-refractivity contribution is 0.0711. The van der Waals surface area contributed by atoms with E-state index in [4.69, 9.17) is 5.26 Å². The summed E-state index contributed by atoms with van der Waals surface area (Å²) < 4.78 is 0. The summed E-state index contributed by atoms with van der Waals surface area (Å²) in [5, 5.41) is 9.75. The van der Waals surface area contributed by atoms with Gasteiger partial charge in [0.25, 0.3) is 5.91 Å². The summed E-state index contributed by atoms with van der Waals surface area (Å²) in [7, 11) is 0. The third-order valence-electron chi connectivity index (χ3n) is 3.06. The molecule has 1 aromatic heterocycles. The third kappa shape index (κ3) is 2.47. The Labute approximate surface area is 105 Å². The van der Waals surface area contributed by atoms with Gasteiger partial charge in [-0.25, -0.2) is 4.98 Å². The largest absolute Gasteiger partial charge is 0.338 e. The van der Waals surface area contributed by atoms with E-state index in [9.17, 15) is 4.79 Å². The molecule has 90 valence electrons. The van der Waals surface area contributed by atoms with Crippen LogP contribution in [-0.4, -0.2) is 28.9 Å². The summed E-state index contributed by atoms with van der Waals surface area (Å²) >= 11 is 1.46. The lowest BCUT2D eigenvalue weighted by Gasteiger charge is -2.28. The van der Waals surface area contributed by atoms with Crippen molar-refractivity contribution < 1.29 is 4.79 Å². The Morgan fingerprint density at radius 3 is 2.59 bits per heavy atom. The van der Waals surface area contributed by atoms with Crippen molar-refractivity contribution >= 4 is 17.2 Å². The average Bonchev–Trinajstić information content (AvgIpc) is 2.68. The fraction of sp³-hybridized carbons (Fsp3) is 0.583. The second-order valence-electron chi connectivity index (χ2n) is 4.34. The highest BCUT2D eigenvalue weighted by Gasteiger charge is 2.25. The summed E-state index contributed by atoms with van der Waals surface area (Å²) in [4.78, 5) is 19.1. The highest BCUT2D eigenvalue weighted by molar-refractivity contribution is 7.13. The Morgan fingerprint density at radius 1 is 1.47 bits per heavy atom. The summed E-state index contributed by atoms with van der Waals surface area (Å²) in [6.45, 7) is 5.16. The van der Waals surface area contributed by atoms with Crippen molar-refractivity contribution in [3.63, 3.8) is 0 Å². The number of aryl methyl sites for hydroxylation is 2. The highest BCUT2D eigenvalue weighted by atomic mass is 32.1. The van der Waals surface area contributed by atoms with E-state index in [1.165, 1.54) is 11.3 Å². The van der Waals surface area contributed by atoms with Gasteiger partial charge in [-0.1, -0.05) is 0 Å². The van der Waals surface area contributed by atoms with Crippen LogP contribution in [-0.2, 0) is 0 Å². The number of nitriles is 1. The van der Waals surface area contributed by atoms with E-state index in [1.807, 2.05) is 18.7 Å². The zero-order valence-electron chi connectivity index (χ0n) is 10.1. The monoisotopic (exact) mass is 249 g/mol. The maximum Gasteiger partial charge on any atom is 0.265 e. The van der Waals surface area contributed by atoms with Crippen LogP contribution in [0.1, 0.15) is 33.2 Å². The molecule has 5 heteroatoms. The van der Waals surface area contributed by atoms with Crippen molar-refractivity contribution in [2.45, 2.75) is 26.7 Å². The summed E-state index contributed by atoms with van der Waals surface area (Å²) in [5.41, 5.74) is 0.819. The van der Waals surface area contributed by atoms with Gasteiger partial charge < -0.3 is 4.90 Å². The molecule has 17 heavy (non-hydrogen) atoms. The molecule has 1 fully saturated rings.